The van der Waals surface area contributed by atoms with Crippen molar-refractivity contribution >= 4 is 42.1 Å². The van der Waals surface area contributed by atoms with E-state index in [-0.39, 0.29) is 24.8 Å². The molecule has 1 aliphatic rings. The Hall–Kier alpha value is -1.13. The molecule has 0 saturated carbocycles. The Morgan fingerprint density at radius 2 is 1.74 bits per heavy atom. The highest BCUT2D eigenvalue weighted by molar-refractivity contribution is 5.86. The van der Waals surface area contributed by atoms with E-state index in [0.717, 1.165) is 48.8 Å². The van der Waals surface area contributed by atoms with Gasteiger partial charge in [-0.15, -0.1) is 24.8 Å². The Kier molecular flexibility index (Phi) is 7.64. The van der Waals surface area contributed by atoms with E-state index in [1.54, 1.807) is 0 Å². The lowest BCUT2D eigenvalue weighted by atomic mass is 10.0. The Morgan fingerprint density at radius 3 is 2.26 bits per heavy atom. The van der Waals surface area contributed by atoms with Gasteiger partial charge < -0.3 is 16.4 Å². The van der Waals surface area contributed by atoms with Crippen LogP contribution in [0.3, 0.4) is 0 Å². The molecule has 6 heteroatoms. The zero-order valence-corrected chi connectivity index (χ0v) is 13.0. The van der Waals surface area contributed by atoms with Crippen molar-refractivity contribution < 1.29 is 0 Å². The molecule has 0 bridgehead atoms. The molecule has 19 heavy (non-hydrogen) atoms. The van der Waals surface area contributed by atoms with E-state index in [9.17, 15) is 0 Å². The van der Waals surface area contributed by atoms with Gasteiger partial charge >= 0.3 is 0 Å². The fourth-order valence-electron chi connectivity index (χ4n) is 2.11. The fraction of sp³-hybridized carbons (Fsp3) is 0.462. The topological polar surface area (TPSA) is 62.4 Å². The number of anilines is 1. The molecule has 0 aliphatic carbocycles. The molecule has 1 saturated heterocycles. The SMILES string of the molecule is CCc1ccc(N=C2NCCN2)c(CC)c1N.Cl.Cl. The lowest BCUT2D eigenvalue weighted by molar-refractivity contribution is 0.942. The van der Waals surface area contributed by atoms with Crippen molar-refractivity contribution in [1.29, 1.82) is 0 Å². The van der Waals surface area contributed by atoms with Crippen molar-refractivity contribution in [3.05, 3.63) is 23.3 Å². The van der Waals surface area contributed by atoms with Crippen molar-refractivity contribution in [1.82, 2.24) is 10.6 Å². The second kappa shape index (κ2) is 8.12. The van der Waals surface area contributed by atoms with Gasteiger partial charge in [0.1, 0.15) is 0 Å². The van der Waals surface area contributed by atoms with E-state index >= 15 is 0 Å². The van der Waals surface area contributed by atoms with Crippen molar-refractivity contribution in [2.75, 3.05) is 18.8 Å². The summed E-state index contributed by atoms with van der Waals surface area (Å²) in [6.45, 7) is 6.10. The van der Waals surface area contributed by atoms with Crippen LogP contribution in [0.2, 0.25) is 0 Å². The van der Waals surface area contributed by atoms with Gasteiger partial charge in [-0.3, -0.25) is 0 Å². The lowest BCUT2D eigenvalue weighted by Crippen LogP contribution is -2.23. The Morgan fingerprint density at radius 1 is 1.11 bits per heavy atom. The normalized spacial score (nSPS) is 12.8. The fourth-order valence-corrected chi connectivity index (χ4v) is 2.11. The summed E-state index contributed by atoms with van der Waals surface area (Å²) >= 11 is 0. The number of nitrogens with two attached hydrogens (primary N) is 1. The summed E-state index contributed by atoms with van der Waals surface area (Å²) in [7, 11) is 0. The van der Waals surface area contributed by atoms with Crippen molar-refractivity contribution in [3.63, 3.8) is 0 Å². The van der Waals surface area contributed by atoms with Gasteiger partial charge in [0.2, 0.25) is 0 Å². The average molecular weight is 305 g/mol. The Labute approximate surface area is 127 Å². The van der Waals surface area contributed by atoms with E-state index in [0.29, 0.717) is 0 Å². The van der Waals surface area contributed by atoms with Crippen LogP contribution < -0.4 is 16.4 Å². The second-order valence-electron chi connectivity index (χ2n) is 4.16. The van der Waals surface area contributed by atoms with Crippen molar-refractivity contribution in [2.45, 2.75) is 26.7 Å². The summed E-state index contributed by atoms with van der Waals surface area (Å²) in [4.78, 5) is 4.58. The molecule has 0 amide bonds. The number of hydrogen-bond donors (Lipinski definition) is 3. The summed E-state index contributed by atoms with van der Waals surface area (Å²) in [5.74, 6) is 0.850. The number of nitrogens with one attached hydrogen (secondary N) is 2. The monoisotopic (exact) mass is 304 g/mol. The van der Waals surface area contributed by atoms with Gasteiger partial charge in [-0.2, -0.15) is 0 Å². The lowest BCUT2D eigenvalue weighted by Gasteiger charge is -2.12. The largest absolute Gasteiger partial charge is 0.398 e. The van der Waals surface area contributed by atoms with Crippen LogP contribution in [0.4, 0.5) is 11.4 Å². The smallest absolute Gasteiger partial charge is 0.196 e. The van der Waals surface area contributed by atoms with Crippen molar-refractivity contribution in [3.8, 4) is 0 Å². The minimum Gasteiger partial charge on any atom is -0.398 e. The summed E-state index contributed by atoms with van der Waals surface area (Å²) in [5.41, 5.74) is 10.4. The molecule has 2 rings (SSSR count). The molecule has 0 radical (unpaired) electrons. The van der Waals surface area contributed by atoms with Gasteiger partial charge in [-0.05, 0) is 24.5 Å². The minimum atomic E-state index is 0. The number of aliphatic imine (C=N–C) groups is 1. The maximum absolute atomic E-state index is 6.17. The van der Waals surface area contributed by atoms with Crippen LogP contribution in [0.1, 0.15) is 25.0 Å². The molecule has 0 unspecified atom stereocenters. The molecule has 1 heterocycles. The maximum Gasteiger partial charge on any atom is 0.196 e. The number of rotatable bonds is 3. The van der Waals surface area contributed by atoms with Crippen LogP contribution >= 0.6 is 24.8 Å². The number of guanidine groups is 1. The van der Waals surface area contributed by atoms with Crippen LogP contribution in [0.5, 0.6) is 0 Å². The molecule has 1 aromatic rings. The minimum absolute atomic E-state index is 0. The van der Waals surface area contributed by atoms with E-state index in [2.05, 4.69) is 41.6 Å². The van der Waals surface area contributed by atoms with Gasteiger partial charge in [0.05, 0.1) is 5.69 Å². The van der Waals surface area contributed by atoms with Crippen LogP contribution in [0, 0.1) is 0 Å². The third-order valence-electron chi connectivity index (χ3n) is 3.10. The first kappa shape index (κ1) is 17.9. The quantitative estimate of drug-likeness (QED) is 0.752. The van der Waals surface area contributed by atoms with Gasteiger partial charge in [-0.25, -0.2) is 4.99 Å². The van der Waals surface area contributed by atoms with E-state index < -0.39 is 0 Å². The van der Waals surface area contributed by atoms with Crippen LogP contribution in [-0.4, -0.2) is 19.0 Å². The molecular formula is C13H22Cl2N4. The standard InChI is InChI=1S/C13H20N4.2ClH/c1-3-9-5-6-11(10(4-2)12(9)14)17-13-15-7-8-16-13;;/h5-6H,3-4,7-8,14H2,1-2H3,(H2,15,16,17);2*1H. The predicted octanol–water partition coefficient (Wildman–Crippen LogP) is 2.42. The maximum atomic E-state index is 6.17. The third kappa shape index (κ3) is 3.91. The zero-order chi connectivity index (χ0) is 12.3. The van der Waals surface area contributed by atoms with Crippen LogP contribution in [0.15, 0.2) is 17.1 Å². The van der Waals surface area contributed by atoms with Crippen LogP contribution in [-0.2, 0) is 12.8 Å². The van der Waals surface area contributed by atoms with Gasteiger partial charge in [-0.1, -0.05) is 19.9 Å². The summed E-state index contributed by atoms with van der Waals surface area (Å²) in [6.07, 6.45) is 1.87. The summed E-state index contributed by atoms with van der Waals surface area (Å²) in [5, 5.41) is 6.41. The first-order valence-corrected chi connectivity index (χ1v) is 6.22. The molecule has 0 aromatic heterocycles. The Balaban J connectivity index is 0.00000162. The summed E-state index contributed by atoms with van der Waals surface area (Å²) < 4.78 is 0. The predicted molar refractivity (Wildman–Crippen MR) is 87.2 cm³/mol. The number of benzene rings is 1. The molecule has 1 fully saturated rings. The first-order valence-electron chi connectivity index (χ1n) is 6.22. The molecule has 0 atom stereocenters. The molecule has 108 valence electrons. The van der Waals surface area contributed by atoms with E-state index in [1.807, 2.05) is 0 Å². The molecule has 4 N–H and O–H groups in total. The molecule has 1 aliphatic heterocycles. The average Bonchev–Trinajstić information content (AvgIpc) is 2.82. The van der Waals surface area contributed by atoms with Gasteiger partial charge in [0.25, 0.3) is 0 Å². The summed E-state index contributed by atoms with van der Waals surface area (Å²) in [6, 6.07) is 4.13. The first-order chi connectivity index (χ1) is 8.26. The zero-order valence-electron chi connectivity index (χ0n) is 11.3. The highest BCUT2D eigenvalue weighted by Crippen LogP contribution is 2.29. The molecule has 4 nitrogen and oxygen atoms in total. The molecular weight excluding hydrogens is 283 g/mol. The van der Waals surface area contributed by atoms with Gasteiger partial charge in [0.15, 0.2) is 5.96 Å². The number of hydrogen-bond acceptors (Lipinski definition) is 2. The number of aryl methyl sites for hydroxylation is 1. The second-order valence-corrected chi connectivity index (χ2v) is 4.16. The molecule has 1 aromatic carbocycles. The highest BCUT2D eigenvalue weighted by Gasteiger charge is 2.10. The number of halogens is 2. The third-order valence-corrected chi connectivity index (χ3v) is 3.10. The van der Waals surface area contributed by atoms with Crippen molar-refractivity contribution in [2.24, 2.45) is 4.99 Å². The van der Waals surface area contributed by atoms with E-state index in [4.69, 9.17) is 5.73 Å². The number of nitrogen functional groups attached to an aromatic ring is 1. The van der Waals surface area contributed by atoms with Gasteiger partial charge in [0, 0.05) is 24.3 Å². The number of nitrogens with zero attached hydrogens (tertiary/aromatic N) is 1. The Bertz CT molecular complexity index is 439. The molecule has 0 spiro atoms. The van der Waals surface area contributed by atoms with Crippen LogP contribution in [0.25, 0.3) is 0 Å². The highest BCUT2D eigenvalue weighted by atomic mass is 35.5. The van der Waals surface area contributed by atoms with E-state index in [1.165, 1.54) is 5.56 Å².